The number of H-pyrrole nitrogens is 1. The zero-order chi connectivity index (χ0) is 16.5. The van der Waals surface area contributed by atoms with Crippen LogP contribution in [0.25, 0.3) is 10.9 Å². The first-order valence-electron chi connectivity index (χ1n) is 7.99. The van der Waals surface area contributed by atoms with Gasteiger partial charge in [0.15, 0.2) is 11.5 Å². The van der Waals surface area contributed by atoms with Crippen LogP contribution in [0.15, 0.2) is 30.6 Å². The fourth-order valence-corrected chi connectivity index (χ4v) is 3.02. The van der Waals surface area contributed by atoms with E-state index in [2.05, 4.69) is 20.4 Å². The van der Waals surface area contributed by atoms with E-state index in [-0.39, 0.29) is 12.0 Å². The molecule has 0 aliphatic carbocycles. The number of aryl methyl sites for hydroxylation is 1. The van der Waals surface area contributed by atoms with Crippen molar-refractivity contribution in [1.29, 1.82) is 0 Å². The number of rotatable bonds is 3. The Morgan fingerprint density at radius 2 is 2.29 bits per heavy atom. The summed E-state index contributed by atoms with van der Waals surface area (Å²) < 4.78 is 7.74. The molecule has 0 unspecified atom stereocenters. The average Bonchev–Trinajstić information content (AvgIpc) is 3.28. The van der Waals surface area contributed by atoms with E-state index in [1.807, 2.05) is 35.8 Å². The highest BCUT2D eigenvalue weighted by molar-refractivity contribution is 6.04. The lowest BCUT2D eigenvalue weighted by Gasteiger charge is -2.32. The first-order chi connectivity index (χ1) is 11.8. The molecule has 3 aromatic rings. The number of morpholine rings is 1. The van der Waals surface area contributed by atoms with Crippen LogP contribution >= 0.6 is 0 Å². The third-order valence-electron chi connectivity index (χ3n) is 4.30. The molecule has 1 saturated heterocycles. The highest BCUT2D eigenvalue weighted by Crippen LogP contribution is 2.23. The Balaban J connectivity index is 1.59. The number of nitrogens with zero attached hydrogens (tertiary/aromatic N) is 5. The molecule has 0 spiro atoms. The molecule has 8 heteroatoms. The summed E-state index contributed by atoms with van der Waals surface area (Å²) in [6, 6.07) is 7.63. The summed E-state index contributed by atoms with van der Waals surface area (Å²) >= 11 is 0. The van der Waals surface area contributed by atoms with Gasteiger partial charge in [0.05, 0.1) is 18.7 Å². The molecule has 2 aromatic heterocycles. The Hall–Kier alpha value is -2.74. The van der Waals surface area contributed by atoms with Crippen LogP contribution < -0.4 is 0 Å². The van der Waals surface area contributed by atoms with Crippen LogP contribution in [0.5, 0.6) is 0 Å². The number of nitrogens with one attached hydrogen (secondary N) is 1. The van der Waals surface area contributed by atoms with Gasteiger partial charge in [-0.15, -0.1) is 10.2 Å². The van der Waals surface area contributed by atoms with Crippen molar-refractivity contribution in [3.63, 3.8) is 0 Å². The Kier molecular flexibility index (Phi) is 3.73. The number of ether oxygens (including phenoxy) is 1. The van der Waals surface area contributed by atoms with Crippen molar-refractivity contribution in [2.24, 2.45) is 0 Å². The summed E-state index contributed by atoms with van der Waals surface area (Å²) in [5.41, 5.74) is 1.31. The van der Waals surface area contributed by atoms with E-state index in [9.17, 15) is 4.79 Å². The molecular weight excluding hydrogens is 308 g/mol. The van der Waals surface area contributed by atoms with Crippen LogP contribution in [0.2, 0.25) is 0 Å². The number of hydrogen-bond donors (Lipinski definition) is 1. The summed E-state index contributed by atoms with van der Waals surface area (Å²) in [4.78, 5) is 14.7. The molecule has 3 heterocycles. The van der Waals surface area contributed by atoms with Gasteiger partial charge in [0.1, 0.15) is 12.4 Å². The van der Waals surface area contributed by atoms with Crippen molar-refractivity contribution in [1.82, 2.24) is 29.9 Å². The maximum absolute atomic E-state index is 12.9. The van der Waals surface area contributed by atoms with Crippen molar-refractivity contribution in [2.45, 2.75) is 19.6 Å². The number of carbonyl (C=O) groups excluding carboxylic acids is 1. The van der Waals surface area contributed by atoms with Crippen LogP contribution in [0, 0.1) is 0 Å². The zero-order valence-electron chi connectivity index (χ0n) is 13.3. The lowest BCUT2D eigenvalue weighted by Crippen LogP contribution is -2.43. The molecule has 1 aliphatic heterocycles. The van der Waals surface area contributed by atoms with Crippen LogP contribution in [-0.2, 0) is 11.3 Å². The zero-order valence-corrected chi connectivity index (χ0v) is 13.3. The SMILES string of the molecule is CCn1cnnc1[C@H]1CN(C(=O)c2n[nH]c3ccccc23)CCO1. The molecule has 0 saturated carbocycles. The van der Waals surface area contributed by atoms with Crippen molar-refractivity contribution in [3.8, 4) is 0 Å². The summed E-state index contributed by atoms with van der Waals surface area (Å²) in [6.45, 7) is 4.24. The van der Waals surface area contributed by atoms with E-state index in [1.54, 1.807) is 11.2 Å². The molecule has 0 radical (unpaired) electrons. The topological polar surface area (TPSA) is 88.9 Å². The number of fused-ring (bicyclic) bond motifs is 1. The number of carbonyl (C=O) groups is 1. The molecule has 1 N–H and O–H groups in total. The Morgan fingerprint density at radius 1 is 1.42 bits per heavy atom. The first-order valence-corrected chi connectivity index (χ1v) is 7.99. The second-order valence-corrected chi connectivity index (χ2v) is 5.70. The monoisotopic (exact) mass is 326 g/mol. The maximum Gasteiger partial charge on any atom is 0.275 e. The standard InChI is InChI=1S/C16H18N6O2/c1-2-21-10-17-20-15(21)13-9-22(7-8-24-13)16(23)14-11-5-3-4-6-12(11)18-19-14/h3-6,10,13H,2,7-9H2,1H3,(H,18,19)/t13-/m1/s1. The molecule has 24 heavy (non-hydrogen) atoms. The van der Waals surface area contributed by atoms with Gasteiger partial charge in [0.2, 0.25) is 0 Å². The van der Waals surface area contributed by atoms with E-state index in [4.69, 9.17) is 4.74 Å². The lowest BCUT2D eigenvalue weighted by molar-refractivity contribution is -0.0285. The second-order valence-electron chi connectivity index (χ2n) is 5.70. The first kappa shape index (κ1) is 14.8. The molecular formula is C16H18N6O2. The summed E-state index contributed by atoms with van der Waals surface area (Å²) in [7, 11) is 0. The number of para-hydroxylation sites is 1. The fraction of sp³-hybridized carbons (Fsp3) is 0.375. The highest BCUT2D eigenvalue weighted by atomic mass is 16.5. The predicted octanol–water partition coefficient (Wildman–Crippen LogP) is 1.39. The van der Waals surface area contributed by atoms with Gasteiger partial charge in [-0.3, -0.25) is 9.89 Å². The fourth-order valence-electron chi connectivity index (χ4n) is 3.02. The normalized spacial score (nSPS) is 18.2. The quantitative estimate of drug-likeness (QED) is 0.785. The van der Waals surface area contributed by atoms with Gasteiger partial charge in [0, 0.05) is 18.5 Å². The second kappa shape index (κ2) is 6.04. The smallest absolute Gasteiger partial charge is 0.275 e. The minimum atomic E-state index is -0.268. The largest absolute Gasteiger partial charge is 0.366 e. The number of amides is 1. The van der Waals surface area contributed by atoms with Gasteiger partial charge >= 0.3 is 0 Å². The van der Waals surface area contributed by atoms with E-state index in [1.165, 1.54) is 0 Å². The summed E-state index contributed by atoms with van der Waals surface area (Å²) in [6.07, 6.45) is 1.41. The molecule has 1 atom stereocenters. The van der Waals surface area contributed by atoms with Gasteiger partial charge in [-0.2, -0.15) is 5.10 Å². The highest BCUT2D eigenvalue weighted by Gasteiger charge is 2.30. The van der Waals surface area contributed by atoms with E-state index in [0.717, 1.165) is 23.3 Å². The van der Waals surface area contributed by atoms with Crippen molar-refractivity contribution < 1.29 is 9.53 Å². The van der Waals surface area contributed by atoms with Crippen molar-refractivity contribution >= 4 is 16.8 Å². The molecule has 1 aliphatic rings. The van der Waals surface area contributed by atoms with Crippen molar-refractivity contribution in [3.05, 3.63) is 42.1 Å². The van der Waals surface area contributed by atoms with Gasteiger partial charge in [-0.05, 0) is 13.0 Å². The molecule has 4 rings (SSSR count). The summed E-state index contributed by atoms with van der Waals surface area (Å²) in [5, 5.41) is 16.0. The number of benzene rings is 1. The maximum atomic E-state index is 12.9. The Labute approximate surface area is 138 Å². The molecule has 0 bridgehead atoms. The molecule has 1 amide bonds. The van der Waals surface area contributed by atoms with E-state index in [0.29, 0.717) is 25.4 Å². The molecule has 124 valence electrons. The molecule has 1 fully saturated rings. The van der Waals surface area contributed by atoms with E-state index < -0.39 is 0 Å². The Morgan fingerprint density at radius 3 is 3.17 bits per heavy atom. The average molecular weight is 326 g/mol. The minimum Gasteiger partial charge on any atom is -0.366 e. The van der Waals surface area contributed by atoms with Gasteiger partial charge in [0.25, 0.3) is 5.91 Å². The third-order valence-corrected chi connectivity index (χ3v) is 4.30. The van der Waals surface area contributed by atoms with Crippen LogP contribution in [0.4, 0.5) is 0 Å². The van der Waals surface area contributed by atoms with Gasteiger partial charge in [-0.1, -0.05) is 18.2 Å². The van der Waals surface area contributed by atoms with Crippen LogP contribution in [0.1, 0.15) is 29.3 Å². The third kappa shape index (κ3) is 2.44. The van der Waals surface area contributed by atoms with E-state index >= 15 is 0 Å². The number of aromatic amines is 1. The predicted molar refractivity (Wildman–Crippen MR) is 86.4 cm³/mol. The number of hydrogen-bond acceptors (Lipinski definition) is 5. The molecule has 8 nitrogen and oxygen atoms in total. The van der Waals surface area contributed by atoms with Crippen LogP contribution in [0.3, 0.4) is 0 Å². The van der Waals surface area contributed by atoms with Crippen molar-refractivity contribution in [2.75, 3.05) is 19.7 Å². The molecule has 1 aromatic carbocycles. The minimum absolute atomic E-state index is 0.0942. The lowest BCUT2D eigenvalue weighted by atomic mass is 10.1. The van der Waals surface area contributed by atoms with Gasteiger partial charge < -0.3 is 14.2 Å². The van der Waals surface area contributed by atoms with Gasteiger partial charge in [-0.25, -0.2) is 0 Å². The summed E-state index contributed by atoms with van der Waals surface area (Å²) in [5.74, 6) is 0.658. The number of aromatic nitrogens is 5. The van der Waals surface area contributed by atoms with Crippen LogP contribution in [-0.4, -0.2) is 55.5 Å². The Bertz CT molecular complexity index is 870.